The minimum absolute atomic E-state index is 0.00678. The Kier molecular flexibility index (Phi) is 3.73. The predicted molar refractivity (Wildman–Crippen MR) is 65.6 cm³/mol. The van der Waals surface area contributed by atoms with Crippen molar-refractivity contribution in [1.82, 2.24) is 5.32 Å². The van der Waals surface area contributed by atoms with E-state index in [4.69, 9.17) is 23.2 Å². The summed E-state index contributed by atoms with van der Waals surface area (Å²) in [5, 5.41) is 3.79. The zero-order valence-electron chi connectivity index (χ0n) is 8.90. The molecule has 0 aliphatic heterocycles. The van der Waals surface area contributed by atoms with Crippen LogP contribution in [0.1, 0.15) is 24.8 Å². The first-order valence-corrected chi connectivity index (χ1v) is 6.32. The second-order valence-electron chi connectivity index (χ2n) is 4.32. The highest BCUT2D eigenvalue weighted by Gasteiger charge is 2.35. The summed E-state index contributed by atoms with van der Waals surface area (Å²) in [6.45, 7) is 0.443. The molecule has 0 aromatic heterocycles. The summed E-state index contributed by atoms with van der Waals surface area (Å²) in [5.74, 6) is 0.308. The molecule has 0 saturated heterocycles. The third kappa shape index (κ3) is 2.34. The molecule has 1 aromatic carbocycles. The maximum Gasteiger partial charge on any atom is 0.129 e. The normalized spacial score (nSPS) is 18.2. The highest BCUT2D eigenvalue weighted by molar-refractivity contribution is 6.31. The van der Waals surface area contributed by atoms with Gasteiger partial charge in [0.2, 0.25) is 0 Å². The van der Waals surface area contributed by atoms with E-state index in [0.717, 1.165) is 12.8 Å². The van der Waals surface area contributed by atoms with Crippen LogP contribution in [-0.4, -0.2) is 11.4 Å². The summed E-state index contributed by atoms with van der Waals surface area (Å²) in [6.07, 6.45) is 3.30. The minimum Gasteiger partial charge on any atom is -0.306 e. The smallest absolute Gasteiger partial charge is 0.129 e. The fraction of sp³-hybridized carbons (Fsp3) is 0.500. The van der Waals surface area contributed by atoms with Crippen LogP contribution >= 0.6 is 23.2 Å². The maximum atomic E-state index is 13.5. The van der Waals surface area contributed by atoms with Gasteiger partial charge in [-0.15, -0.1) is 11.6 Å². The molecule has 0 heterocycles. The van der Waals surface area contributed by atoms with Gasteiger partial charge in [0.25, 0.3) is 0 Å². The van der Waals surface area contributed by atoms with Crippen LogP contribution in [0.4, 0.5) is 4.39 Å². The molecule has 0 amide bonds. The molecule has 0 atom stereocenters. The summed E-state index contributed by atoms with van der Waals surface area (Å²) in [4.78, 5) is 0. The lowest BCUT2D eigenvalue weighted by molar-refractivity contribution is 0.210. The number of hydrogen-bond donors (Lipinski definition) is 1. The molecule has 2 rings (SSSR count). The van der Waals surface area contributed by atoms with E-state index in [-0.39, 0.29) is 11.4 Å². The van der Waals surface area contributed by atoms with Gasteiger partial charge in [-0.25, -0.2) is 4.39 Å². The van der Waals surface area contributed by atoms with Crippen LogP contribution in [0.25, 0.3) is 0 Å². The number of rotatable bonds is 4. The van der Waals surface area contributed by atoms with Crippen LogP contribution in [-0.2, 0) is 6.54 Å². The van der Waals surface area contributed by atoms with Gasteiger partial charge in [-0.3, -0.25) is 0 Å². The molecule has 0 radical (unpaired) electrons. The quantitative estimate of drug-likeness (QED) is 0.815. The minimum atomic E-state index is -0.260. The van der Waals surface area contributed by atoms with E-state index >= 15 is 0 Å². The van der Waals surface area contributed by atoms with E-state index in [1.807, 2.05) is 0 Å². The van der Waals surface area contributed by atoms with Gasteiger partial charge in [-0.05, 0) is 31.4 Å². The Balaban J connectivity index is 2.04. The van der Waals surface area contributed by atoms with Crippen molar-refractivity contribution >= 4 is 23.2 Å². The fourth-order valence-electron chi connectivity index (χ4n) is 1.94. The Morgan fingerprint density at radius 2 is 2.12 bits per heavy atom. The predicted octanol–water partition coefficient (Wildman–Crippen LogP) is 3.73. The van der Waals surface area contributed by atoms with Crippen molar-refractivity contribution in [3.8, 4) is 0 Å². The van der Waals surface area contributed by atoms with Gasteiger partial charge < -0.3 is 5.32 Å². The molecule has 16 heavy (non-hydrogen) atoms. The first-order chi connectivity index (χ1) is 7.67. The Hall–Kier alpha value is -0.310. The molecule has 1 saturated carbocycles. The standard InChI is InChI=1S/C12H14Cl2FN/c13-8-12(5-2-6-12)16-7-9-10(14)3-1-4-11(9)15/h1,3-4,16H,2,5-8H2. The topological polar surface area (TPSA) is 12.0 Å². The van der Waals surface area contributed by atoms with E-state index in [1.54, 1.807) is 12.1 Å². The average Bonchev–Trinajstić information content (AvgIpc) is 2.20. The molecule has 0 unspecified atom stereocenters. The van der Waals surface area contributed by atoms with Crippen molar-refractivity contribution in [2.45, 2.75) is 31.3 Å². The summed E-state index contributed by atoms with van der Waals surface area (Å²) in [6, 6.07) is 4.74. The van der Waals surface area contributed by atoms with E-state index in [0.29, 0.717) is 23.0 Å². The molecule has 1 aliphatic carbocycles. The molecule has 1 aromatic rings. The Bertz CT molecular complexity index is 352. The number of halogens is 3. The molecular weight excluding hydrogens is 248 g/mol. The Labute approximate surface area is 105 Å². The number of hydrogen-bond acceptors (Lipinski definition) is 1. The molecule has 88 valence electrons. The molecule has 4 heteroatoms. The maximum absolute atomic E-state index is 13.5. The summed E-state index contributed by atoms with van der Waals surface area (Å²) in [7, 11) is 0. The third-order valence-corrected chi connectivity index (χ3v) is 4.13. The monoisotopic (exact) mass is 261 g/mol. The van der Waals surface area contributed by atoms with E-state index < -0.39 is 0 Å². The SMILES string of the molecule is Fc1cccc(Cl)c1CNC1(CCl)CCC1. The van der Waals surface area contributed by atoms with Gasteiger partial charge in [-0.2, -0.15) is 0 Å². The van der Waals surface area contributed by atoms with Crippen LogP contribution in [0, 0.1) is 5.82 Å². The molecule has 1 aliphatic rings. The summed E-state index contributed by atoms with van der Waals surface area (Å²) < 4.78 is 13.5. The summed E-state index contributed by atoms with van der Waals surface area (Å²) in [5.41, 5.74) is 0.522. The molecule has 1 nitrogen and oxygen atoms in total. The molecule has 0 spiro atoms. The zero-order valence-corrected chi connectivity index (χ0v) is 10.4. The molecule has 1 N–H and O–H groups in total. The molecule has 0 bridgehead atoms. The van der Waals surface area contributed by atoms with Gasteiger partial charge in [0.05, 0.1) is 0 Å². The average molecular weight is 262 g/mol. The Morgan fingerprint density at radius 1 is 1.38 bits per heavy atom. The van der Waals surface area contributed by atoms with Crippen LogP contribution in [0.15, 0.2) is 18.2 Å². The highest BCUT2D eigenvalue weighted by Crippen LogP contribution is 2.33. The van der Waals surface area contributed by atoms with Crippen molar-refractivity contribution < 1.29 is 4.39 Å². The lowest BCUT2D eigenvalue weighted by Crippen LogP contribution is -2.52. The van der Waals surface area contributed by atoms with E-state index in [1.165, 1.54) is 12.5 Å². The first-order valence-electron chi connectivity index (χ1n) is 5.41. The van der Waals surface area contributed by atoms with E-state index in [9.17, 15) is 4.39 Å². The Morgan fingerprint density at radius 3 is 2.62 bits per heavy atom. The van der Waals surface area contributed by atoms with Gasteiger partial charge in [0, 0.05) is 28.5 Å². The first kappa shape index (κ1) is 12.2. The van der Waals surface area contributed by atoms with E-state index in [2.05, 4.69) is 5.32 Å². The largest absolute Gasteiger partial charge is 0.306 e. The lowest BCUT2D eigenvalue weighted by Gasteiger charge is -2.41. The number of benzene rings is 1. The van der Waals surface area contributed by atoms with Crippen molar-refractivity contribution in [2.75, 3.05) is 5.88 Å². The van der Waals surface area contributed by atoms with Crippen LogP contribution in [0.5, 0.6) is 0 Å². The van der Waals surface area contributed by atoms with Crippen LogP contribution in [0.3, 0.4) is 0 Å². The number of alkyl halides is 1. The highest BCUT2D eigenvalue weighted by atomic mass is 35.5. The fourth-order valence-corrected chi connectivity index (χ4v) is 2.53. The van der Waals surface area contributed by atoms with Crippen molar-refractivity contribution in [3.05, 3.63) is 34.6 Å². The van der Waals surface area contributed by atoms with Gasteiger partial charge in [0.15, 0.2) is 0 Å². The van der Waals surface area contributed by atoms with Crippen LogP contribution in [0.2, 0.25) is 5.02 Å². The second-order valence-corrected chi connectivity index (χ2v) is 5.00. The molecule has 1 fully saturated rings. The number of nitrogens with one attached hydrogen (secondary N) is 1. The lowest BCUT2D eigenvalue weighted by atomic mass is 9.78. The van der Waals surface area contributed by atoms with Crippen LogP contribution < -0.4 is 5.32 Å². The molecular formula is C12H14Cl2FN. The van der Waals surface area contributed by atoms with Gasteiger partial charge in [-0.1, -0.05) is 17.7 Å². The van der Waals surface area contributed by atoms with Crippen molar-refractivity contribution in [3.63, 3.8) is 0 Å². The third-order valence-electron chi connectivity index (χ3n) is 3.27. The van der Waals surface area contributed by atoms with Crippen molar-refractivity contribution in [2.24, 2.45) is 0 Å². The van der Waals surface area contributed by atoms with Crippen molar-refractivity contribution in [1.29, 1.82) is 0 Å². The van der Waals surface area contributed by atoms with Gasteiger partial charge in [0.1, 0.15) is 5.82 Å². The second kappa shape index (κ2) is 4.91. The summed E-state index contributed by atoms with van der Waals surface area (Å²) >= 11 is 11.9. The van der Waals surface area contributed by atoms with Gasteiger partial charge >= 0.3 is 0 Å². The zero-order chi connectivity index (χ0) is 11.6.